The van der Waals surface area contributed by atoms with Crippen LogP contribution >= 0.6 is 0 Å². The second kappa shape index (κ2) is 5.79. The number of rotatable bonds is 5. The Morgan fingerprint density at radius 1 is 1.29 bits per heavy atom. The fourth-order valence-corrected chi connectivity index (χ4v) is 2.07. The van der Waals surface area contributed by atoms with Crippen LogP contribution in [0.25, 0.3) is 0 Å². The van der Waals surface area contributed by atoms with Gasteiger partial charge in [0.05, 0.1) is 17.2 Å². The van der Waals surface area contributed by atoms with Crippen LogP contribution in [-0.4, -0.2) is 26.7 Å². The van der Waals surface area contributed by atoms with Gasteiger partial charge >= 0.3 is 5.97 Å². The van der Waals surface area contributed by atoms with Gasteiger partial charge in [0.15, 0.2) is 9.84 Å². The lowest BCUT2D eigenvalue weighted by Gasteiger charge is -2.05. The molecule has 17 heavy (non-hydrogen) atoms. The van der Waals surface area contributed by atoms with Crippen molar-refractivity contribution in [3.8, 4) is 0 Å². The normalized spacial score (nSPS) is 11.2. The number of carbonyl (C=O) groups excluding carboxylic acids is 1. The highest BCUT2D eigenvalue weighted by Gasteiger charge is 2.10. The van der Waals surface area contributed by atoms with Gasteiger partial charge in [-0.2, -0.15) is 0 Å². The molecule has 0 bridgehead atoms. The van der Waals surface area contributed by atoms with Crippen LogP contribution in [0.5, 0.6) is 0 Å². The maximum absolute atomic E-state index is 11.5. The molecule has 0 aliphatic rings. The summed E-state index contributed by atoms with van der Waals surface area (Å²) in [7, 11) is -3.18. The topological polar surface area (TPSA) is 86.5 Å². The van der Waals surface area contributed by atoms with Gasteiger partial charge in [-0.3, -0.25) is 4.79 Å². The summed E-state index contributed by atoms with van der Waals surface area (Å²) in [5, 5.41) is 0. The molecular weight excluding hydrogens is 242 g/mol. The summed E-state index contributed by atoms with van der Waals surface area (Å²) in [5.74, 6) is -0.427. The summed E-state index contributed by atoms with van der Waals surface area (Å²) in [6.45, 7) is 1.52. The molecule has 0 atom stereocenters. The number of sulfone groups is 1. The Hall–Kier alpha value is -1.40. The van der Waals surface area contributed by atoms with Crippen LogP contribution in [0, 0.1) is 0 Å². The highest BCUT2D eigenvalue weighted by atomic mass is 32.2. The van der Waals surface area contributed by atoms with Gasteiger partial charge in [0.2, 0.25) is 0 Å². The van der Waals surface area contributed by atoms with Crippen molar-refractivity contribution >= 4 is 15.8 Å². The first-order valence-corrected chi connectivity index (χ1v) is 6.82. The molecule has 0 radical (unpaired) electrons. The molecule has 6 heteroatoms. The van der Waals surface area contributed by atoms with E-state index in [0.717, 1.165) is 5.56 Å². The number of hydrogen-bond acceptors (Lipinski definition) is 5. The van der Waals surface area contributed by atoms with Crippen LogP contribution in [0.3, 0.4) is 0 Å². The zero-order chi connectivity index (χ0) is 12.9. The smallest absolute Gasteiger partial charge is 0.320 e. The van der Waals surface area contributed by atoms with E-state index in [0.29, 0.717) is 0 Å². The van der Waals surface area contributed by atoms with Gasteiger partial charge in [0, 0.05) is 0 Å². The molecule has 0 aromatic heterocycles. The van der Waals surface area contributed by atoms with E-state index in [9.17, 15) is 13.2 Å². The van der Waals surface area contributed by atoms with Crippen LogP contribution in [0.1, 0.15) is 12.5 Å². The molecule has 1 aromatic rings. The number of carbonyl (C=O) groups is 1. The van der Waals surface area contributed by atoms with E-state index in [1.165, 1.54) is 12.1 Å². The number of nitrogens with two attached hydrogens (primary N) is 1. The maximum atomic E-state index is 11.5. The van der Waals surface area contributed by atoms with E-state index in [1.807, 2.05) is 0 Å². The predicted molar refractivity (Wildman–Crippen MR) is 63.0 cm³/mol. The molecule has 5 nitrogen and oxygen atoms in total. The maximum Gasteiger partial charge on any atom is 0.320 e. The van der Waals surface area contributed by atoms with Crippen molar-refractivity contribution in [2.75, 3.05) is 12.3 Å². The molecular formula is C11H15NO4S. The third-order valence-corrected chi connectivity index (χ3v) is 3.98. The molecule has 0 heterocycles. The van der Waals surface area contributed by atoms with Gasteiger partial charge in [-0.1, -0.05) is 19.1 Å². The Balaban J connectivity index is 2.72. The van der Waals surface area contributed by atoms with Crippen molar-refractivity contribution < 1.29 is 17.9 Å². The van der Waals surface area contributed by atoms with E-state index >= 15 is 0 Å². The van der Waals surface area contributed by atoms with Crippen LogP contribution < -0.4 is 5.73 Å². The minimum atomic E-state index is -3.18. The van der Waals surface area contributed by atoms with E-state index < -0.39 is 15.8 Å². The predicted octanol–water partition coefficient (Wildman–Crippen LogP) is 0.482. The third-order valence-electron chi connectivity index (χ3n) is 2.23. The van der Waals surface area contributed by atoms with Crippen LogP contribution in [0.15, 0.2) is 29.2 Å². The molecule has 1 rings (SSSR count). The van der Waals surface area contributed by atoms with E-state index in [-0.39, 0.29) is 23.8 Å². The van der Waals surface area contributed by atoms with Gasteiger partial charge in [0.1, 0.15) is 6.61 Å². The summed E-state index contributed by atoms with van der Waals surface area (Å²) in [6, 6.07) is 6.24. The molecule has 2 N–H and O–H groups in total. The summed E-state index contributed by atoms with van der Waals surface area (Å²) in [6.07, 6.45) is 0. The second-order valence-electron chi connectivity index (χ2n) is 3.41. The lowest BCUT2D eigenvalue weighted by Crippen LogP contribution is -2.16. The molecule has 0 fully saturated rings. The first-order chi connectivity index (χ1) is 7.99. The number of benzene rings is 1. The zero-order valence-corrected chi connectivity index (χ0v) is 10.4. The average Bonchev–Trinajstić information content (AvgIpc) is 2.36. The van der Waals surface area contributed by atoms with Crippen LogP contribution in [0.4, 0.5) is 0 Å². The Kier molecular flexibility index (Phi) is 4.65. The summed E-state index contributed by atoms with van der Waals surface area (Å²) >= 11 is 0. The van der Waals surface area contributed by atoms with Gasteiger partial charge in [-0.15, -0.1) is 0 Å². The van der Waals surface area contributed by atoms with Crippen molar-refractivity contribution in [2.24, 2.45) is 5.73 Å². The largest absolute Gasteiger partial charge is 0.460 e. The highest BCUT2D eigenvalue weighted by Crippen LogP contribution is 2.12. The molecule has 94 valence electrons. The van der Waals surface area contributed by atoms with Gasteiger partial charge in [0.25, 0.3) is 0 Å². The molecule has 0 aliphatic carbocycles. The SMILES string of the molecule is CCS(=O)(=O)c1ccc(COC(=O)CN)cc1. The molecule has 0 saturated heterocycles. The van der Waals surface area contributed by atoms with Crippen molar-refractivity contribution in [1.29, 1.82) is 0 Å². The van der Waals surface area contributed by atoms with E-state index in [4.69, 9.17) is 10.5 Å². The molecule has 0 amide bonds. The fourth-order valence-electron chi connectivity index (χ4n) is 1.18. The van der Waals surface area contributed by atoms with Gasteiger partial charge < -0.3 is 10.5 Å². The zero-order valence-electron chi connectivity index (χ0n) is 9.55. The average molecular weight is 257 g/mol. The number of hydrogen-bond donors (Lipinski definition) is 1. The third kappa shape index (κ3) is 3.83. The van der Waals surface area contributed by atoms with Crippen molar-refractivity contribution in [3.63, 3.8) is 0 Å². The number of ether oxygens (including phenoxy) is 1. The second-order valence-corrected chi connectivity index (χ2v) is 5.69. The van der Waals surface area contributed by atoms with Crippen LogP contribution in [0.2, 0.25) is 0 Å². The van der Waals surface area contributed by atoms with Crippen molar-refractivity contribution in [2.45, 2.75) is 18.4 Å². The molecule has 1 aromatic carbocycles. The lowest BCUT2D eigenvalue weighted by atomic mass is 10.2. The first-order valence-electron chi connectivity index (χ1n) is 5.17. The quantitative estimate of drug-likeness (QED) is 0.775. The van der Waals surface area contributed by atoms with E-state index in [1.54, 1.807) is 19.1 Å². The Labute approximate surface area is 100 Å². The standard InChI is InChI=1S/C11H15NO4S/c1-2-17(14,15)10-5-3-9(4-6-10)8-16-11(13)7-12/h3-6H,2,7-8,12H2,1H3. The van der Waals surface area contributed by atoms with Gasteiger partial charge in [-0.25, -0.2) is 8.42 Å². The molecule has 0 spiro atoms. The van der Waals surface area contributed by atoms with Crippen molar-refractivity contribution in [3.05, 3.63) is 29.8 Å². The summed E-state index contributed by atoms with van der Waals surface area (Å²) < 4.78 is 27.9. The molecule has 0 aliphatic heterocycles. The monoisotopic (exact) mass is 257 g/mol. The van der Waals surface area contributed by atoms with E-state index in [2.05, 4.69) is 0 Å². The molecule has 0 unspecified atom stereocenters. The summed E-state index contributed by atoms with van der Waals surface area (Å²) in [4.78, 5) is 11.1. The Morgan fingerprint density at radius 3 is 2.35 bits per heavy atom. The summed E-state index contributed by atoms with van der Waals surface area (Å²) in [5.41, 5.74) is 5.81. The fraction of sp³-hybridized carbons (Fsp3) is 0.364. The molecule has 0 saturated carbocycles. The minimum Gasteiger partial charge on any atom is -0.460 e. The minimum absolute atomic E-state index is 0.0640. The highest BCUT2D eigenvalue weighted by molar-refractivity contribution is 7.91. The van der Waals surface area contributed by atoms with Gasteiger partial charge in [-0.05, 0) is 17.7 Å². The Morgan fingerprint density at radius 2 is 1.88 bits per heavy atom. The Bertz CT molecular complexity index is 479. The number of esters is 1. The first kappa shape index (κ1) is 13.7. The van der Waals surface area contributed by atoms with Crippen molar-refractivity contribution in [1.82, 2.24) is 0 Å². The lowest BCUT2D eigenvalue weighted by molar-refractivity contribution is -0.143. The van der Waals surface area contributed by atoms with Crippen LogP contribution in [-0.2, 0) is 26.0 Å².